The highest BCUT2D eigenvalue weighted by atomic mass is 15.2. The summed E-state index contributed by atoms with van der Waals surface area (Å²) in [5, 5.41) is 3.42. The largest absolute Gasteiger partial charge is 0.364 e. The van der Waals surface area contributed by atoms with Crippen LogP contribution in [0.15, 0.2) is 36.8 Å². The van der Waals surface area contributed by atoms with Crippen LogP contribution in [0.5, 0.6) is 0 Å². The lowest BCUT2D eigenvalue weighted by Crippen LogP contribution is -2.26. The van der Waals surface area contributed by atoms with Crippen LogP contribution in [0.25, 0.3) is 0 Å². The lowest BCUT2D eigenvalue weighted by Gasteiger charge is -2.17. The first-order valence-corrected chi connectivity index (χ1v) is 6.52. The first-order chi connectivity index (χ1) is 9.31. The summed E-state index contributed by atoms with van der Waals surface area (Å²) in [4.78, 5) is 15.3. The van der Waals surface area contributed by atoms with Crippen LogP contribution in [0.4, 0.5) is 11.6 Å². The van der Waals surface area contributed by atoms with Crippen LogP contribution < -0.4 is 10.2 Å². The third-order valence-electron chi connectivity index (χ3n) is 3.29. The summed E-state index contributed by atoms with van der Waals surface area (Å²) < 4.78 is 0. The molecule has 5 nitrogen and oxygen atoms in total. The van der Waals surface area contributed by atoms with Crippen molar-refractivity contribution in [3.63, 3.8) is 0 Å². The Morgan fingerprint density at radius 2 is 2.16 bits per heavy atom. The quantitative estimate of drug-likeness (QED) is 0.907. The maximum atomic E-state index is 4.38. The van der Waals surface area contributed by atoms with Gasteiger partial charge in [-0.3, -0.25) is 4.98 Å². The number of nitrogens with zero attached hydrogens (tertiary/aromatic N) is 4. The van der Waals surface area contributed by atoms with Crippen molar-refractivity contribution in [2.24, 2.45) is 0 Å². The zero-order valence-electron chi connectivity index (χ0n) is 11.0. The van der Waals surface area contributed by atoms with Crippen LogP contribution in [-0.2, 0) is 0 Å². The number of hydrogen-bond donors (Lipinski definition) is 1. The van der Waals surface area contributed by atoms with Crippen LogP contribution >= 0.6 is 0 Å². The molecular formula is C14H17N5. The van der Waals surface area contributed by atoms with Gasteiger partial charge in [-0.1, -0.05) is 6.07 Å². The lowest BCUT2D eigenvalue weighted by molar-refractivity contribution is 0.797. The van der Waals surface area contributed by atoms with Crippen molar-refractivity contribution in [1.82, 2.24) is 15.0 Å². The molecule has 1 saturated heterocycles. The number of rotatable bonds is 3. The molecule has 5 heteroatoms. The SMILES string of the molecule is Cc1cnc(NC2CCN(c3ccccn3)C2)cn1. The van der Waals surface area contributed by atoms with Gasteiger partial charge in [0.1, 0.15) is 11.6 Å². The van der Waals surface area contributed by atoms with Crippen LogP contribution in [-0.4, -0.2) is 34.1 Å². The van der Waals surface area contributed by atoms with E-state index in [4.69, 9.17) is 0 Å². The maximum absolute atomic E-state index is 4.38. The van der Waals surface area contributed by atoms with Crippen molar-refractivity contribution in [2.75, 3.05) is 23.3 Å². The molecule has 1 aliphatic rings. The van der Waals surface area contributed by atoms with Gasteiger partial charge in [0.25, 0.3) is 0 Å². The van der Waals surface area contributed by atoms with E-state index in [1.807, 2.05) is 31.3 Å². The van der Waals surface area contributed by atoms with Gasteiger partial charge in [-0.2, -0.15) is 0 Å². The molecule has 1 fully saturated rings. The molecule has 98 valence electrons. The molecule has 1 N–H and O–H groups in total. The van der Waals surface area contributed by atoms with E-state index in [0.717, 1.165) is 36.8 Å². The summed E-state index contributed by atoms with van der Waals surface area (Å²) in [7, 11) is 0. The van der Waals surface area contributed by atoms with Crippen molar-refractivity contribution in [3.8, 4) is 0 Å². The predicted octanol–water partition coefficient (Wildman–Crippen LogP) is 1.87. The average molecular weight is 255 g/mol. The zero-order chi connectivity index (χ0) is 13.1. The van der Waals surface area contributed by atoms with Crippen LogP contribution in [0.2, 0.25) is 0 Å². The first-order valence-electron chi connectivity index (χ1n) is 6.52. The van der Waals surface area contributed by atoms with Gasteiger partial charge in [0.2, 0.25) is 0 Å². The summed E-state index contributed by atoms with van der Waals surface area (Å²) in [6, 6.07) is 6.42. The van der Waals surface area contributed by atoms with Crippen molar-refractivity contribution in [2.45, 2.75) is 19.4 Å². The molecule has 1 aliphatic heterocycles. The summed E-state index contributed by atoms with van der Waals surface area (Å²) >= 11 is 0. The van der Waals surface area contributed by atoms with E-state index >= 15 is 0 Å². The lowest BCUT2D eigenvalue weighted by atomic mass is 10.2. The predicted molar refractivity (Wildman–Crippen MR) is 75.2 cm³/mol. The van der Waals surface area contributed by atoms with Gasteiger partial charge in [0, 0.05) is 25.3 Å². The number of aromatic nitrogens is 3. The average Bonchev–Trinajstić information content (AvgIpc) is 2.91. The molecule has 19 heavy (non-hydrogen) atoms. The number of aryl methyl sites for hydroxylation is 1. The van der Waals surface area contributed by atoms with Crippen molar-refractivity contribution >= 4 is 11.6 Å². The molecule has 0 radical (unpaired) electrons. The normalized spacial score (nSPS) is 18.6. The van der Waals surface area contributed by atoms with E-state index in [1.165, 1.54) is 0 Å². The highest BCUT2D eigenvalue weighted by Gasteiger charge is 2.23. The summed E-state index contributed by atoms with van der Waals surface area (Å²) in [6.45, 7) is 3.91. The smallest absolute Gasteiger partial charge is 0.144 e. The highest BCUT2D eigenvalue weighted by Crippen LogP contribution is 2.19. The monoisotopic (exact) mass is 255 g/mol. The Bertz CT molecular complexity index is 525. The molecular weight excluding hydrogens is 238 g/mol. The minimum Gasteiger partial charge on any atom is -0.364 e. The van der Waals surface area contributed by atoms with E-state index in [9.17, 15) is 0 Å². The third kappa shape index (κ3) is 2.81. The second-order valence-corrected chi connectivity index (χ2v) is 4.81. The zero-order valence-corrected chi connectivity index (χ0v) is 11.0. The van der Waals surface area contributed by atoms with Crippen molar-refractivity contribution in [3.05, 3.63) is 42.5 Å². The van der Waals surface area contributed by atoms with E-state index in [1.54, 1.807) is 12.4 Å². The molecule has 0 bridgehead atoms. The minimum absolute atomic E-state index is 0.402. The van der Waals surface area contributed by atoms with Gasteiger partial charge in [0.15, 0.2) is 0 Å². The van der Waals surface area contributed by atoms with E-state index < -0.39 is 0 Å². The maximum Gasteiger partial charge on any atom is 0.144 e. The third-order valence-corrected chi connectivity index (χ3v) is 3.29. The molecule has 2 aromatic rings. The van der Waals surface area contributed by atoms with Gasteiger partial charge < -0.3 is 10.2 Å². The van der Waals surface area contributed by atoms with Crippen molar-refractivity contribution in [1.29, 1.82) is 0 Å². The molecule has 0 amide bonds. The molecule has 3 heterocycles. The molecule has 0 aliphatic carbocycles. The fourth-order valence-corrected chi connectivity index (χ4v) is 2.30. The van der Waals surface area contributed by atoms with Crippen LogP contribution in [0.1, 0.15) is 12.1 Å². The Morgan fingerprint density at radius 1 is 1.21 bits per heavy atom. The molecule has 0 spiro atoms. The summed E-state index contributed by atoms with van der Waals surface area (Å²) in [5.74, 6) is 1.89. The Balaban J connectivity index is 1.62. The Labute approximate surface area is 112 Å². The summed E-state index contributed by atoms with van der Waals surface area (Å²) in [5.41, 5.74) is 0.937. The van der Waals surface area contributed by atoms with Gasteiger partial charge in [0.05, 0.1) is 18.1 Å². The van der Waals surface area contributed by atoms with Gasteiger partial charge in [-0.15, -0.1) is 0 Å². The molecule has 1 atom stereocenters. The Kier molecular flexibility index (Phi) is 3.27. The van der Waals surface area contributed by atoms with E-state index in [2.05, 4.69) is 25.2 Å². The fourth-order valence-electron chi connectivity index (χ4n) is 2.30. The van der Waals surface area contributed by atoms with Crippen LogP contribution in [0, 0.1) is 6.92 Å². The fraction of sp³-hybridized carbons (Fsp3) is 0.357. The van der Waals surface area contributed by atoms with Gasteiger partial charge in [-0.05, 0) is 25.5 Å². The topological polar surface area (TPSA) is 53.9 Å². The summed E-state index contributed by atoms with van der Waals surface area (Å²) in [6.07, 6.45) is 6.50. The standard InChI is InChI=1S/C14H17N5/c1-11-8-17-13(9-16-11)18-12-5-7-19(10-12)14-4-2-3-6-15-14/h2-4,6,8-9,12H,5,7,10H2,1H3,(H,17,18). The molecule has 2 aromatic heterocycles. The number of nitrogens with one attached hydrogen (secondary N) is 1. The van der Waals surface area contributed by atoms with Gasteiger partial charge >= 0.3 is 0 Å². The van der Waals surface area contributed by atoms with Crippen LogP contribution in [0.3, 0.4) is 0 Å². The Hall–Kier alpha value is -2.17. The second-order valence-electron chi connectivity index (χ2n) is 4.81. The highest BCUT2D eigenvalue weighted by molar-refractivity contribution is 5.42. The minimum atomic E-state index is 0.402. The van der Waals surface area contributed by atoms with Gasteiger partial charge in [-0.25, -0.2) is 9.97 Å². The molecule has 3 rings (SSSR count). The molecule has 1 unspecified atom stereocenters. The number of hydrogen-bond acceptors (Lipinski definition) is 5. The second kappa shape index (κ2) is 5.22. The number of pyridine rings is 1. The van der Waals surface area contributed by atoms with E-state index in [-0.39, 0.29) is 0 Å². The molecule has 0 aromatic carbocycles. The number of anilines is 2. The molecule has 0 saturated carbocycles. The van der Waals surface area contributed by atoms with Crippen molar-refractivity contribution < 1.29 is 0 Å². The van der Waals surface area contributed by atoms with E-state index in [0.29, 0.717) is 6.04 Å². The Morgan fingerprint density at radius 3 is 2.89 bits per heavy atom. The first kappa shape index (κ1) is 11.9.